The summed E-state index contributed by atoms with van der Waals surface area (Å²) in [6, 6.07) is -1.63. The molecule has 1 aliphatic heterocycles. The number of likely N-dealkylation sites (tertiary alicyclic amines) is 1. The van der Waals surface area contributed by atoms with Crippen LogP contribution in [0.4, 0.5) is 4.79 Å². The Balaban J connectivity index is 2.65. The van der Waals surface area contributed by atoms with Crippen molar-refractivity contribution in [1.29, 1.82) is 0 Å². The molecule has 0 radical (unpaired) electrons. The summed E-state index contributed by atoms with van der Waals surface area (Å²) >= 11 is 0. The van der Waals surface area contributed by atoms with Crippen molar-refractivity contribution in [3.05, 3.63) is 0 Å². The Hall–Kier alpha value is -1.74. The smallest absolute Gasteiger partial charge is 0.326 e. The number of urea groups is 1. The SMILES string of the molecule is C#CCC(CC)NC(=O)N1CC(O)C[C@H]1C(=O)O. The number of rotatable bonds is 4. The van der Waals surface area contributed by atoms with E-state index in [0.29, 0.717) is 12.8 Å². The van der Waals surface area contributed by atoms with E-state index in [1.165, 1.54) is 0 Å². The first-order valence-corrected chi connectivity index (χ1v) is 5.91. The van der Waals surface area contributed by atoms with Gasteiger partial charge in [0, 0.05) is 25.4 Å². The summed E-state index contributed by atoms with van der Waals surface area (Å²) in [5.74, 6) is 1.35. The van der Waals surface area contributed by atoms with Crippen LogP contribution in [0, 0.1) is 12.3 Å². The largest absolute Gasteiger partial charge is 0.480 e. The molecule has 1 fully saturated rings. The van der Waals surface area contributed by atoms with Gasteiger partial charge in [-0.2, -0.15) is 0 Å². The zero-order valence-corrected chi connectivity index (χ0v) is 10.3. The Morgan fingerprint density at radius 3 is 2.78 bits per heavy atom. The van der Waals surface area contributed by atoms with Gasteiger partial charge in [-0.05, 0) is 6.42 Å². The molecular formula is C12H18N2O4. The molecule has 3 atom stereocenters. The number of terminal acetylenes is 1. The topological polar surface area (TPSA) is 89.9 Å². The average molecular weight is 254 g/mol. The molecular weight excluding hydrogens is 236 g/mol. The summed E-state index contributed by atoms with van der Waals surface area (Å²) in [6.07, 6.45) is 5.53. The Kier molecular flexibility index (Phi) is 4.98. The fourth-order valence-electron chi connectivity index (χ4n) is 1.97. The number of nitrogens with zero attached hydrogens (tertiary/aromatic N) is 1. The molecule has 3 N–H and O–H groups in total. The van der Waals surface area contributed by atoms with Gasteiger partial charge in [-0.1, -0.05) is 6.92 Å². The predicted molar refractivity (Wildman–Crippen MR) is 64.8 cm³/mol. The predicted octanol–water partition coefficient (Wildman–Crippen LogP) is 0.0177. The molecule has 2 unspecified atom stereocenters. The number of β-amino-alcohol motifs (C(OH)–C–C–N with tert-alkyl or cyclic N) is 1. The summed E-state index contributed by atoms with van der Waals surface area (Å²) in [7, 11) is 0. The molecule has 2 amide bonds. The maximum absolute atomic E-state index is 11.9. The maximum Gasteiger partial charge on any atom is 0.326 e. The molecule has 100 valence electrons. The van der Waals surface area contributed by atoms with E-state index in [1.807, 2.05) is 6.92 Å². The highest BCUT2D eigenvalue weighted by atomic mass is 16.4. The van der Waals surface area contributed by atoms with Crippen LogP contribution in [-0.2, 0) is 4.79 Å². The fraction of sp³-hybridized carbons (Fsp3) is 0.667. The summed E-state index contributed by atoms with van der Waals surface area (Å²) in [5.41, 5.74) is 0. The fourth-order valence-corrected chi connectivity index (χ4v) is 1.97. The van der Waals surface area contributed by atoms with Crippen LogP contribution in [0.3, 0.4) is 0 Å². The number of hydrogen-bond acceptors (Lipinski definition) is 3. The Morgan fingerprint density at radius 2 is 2.28 bits per heavy atom. The first kappa shape index (κ1) is 14.3. The maximum atomic E-state index is 11.9. The molecule has 1 saturated heterocycles. The number of carboxylic acid groups (broad SMARTS) is 1. The van der Waals surface area contributed by atoms with Gasteiger partial charge in [0.15, 0.2) is 0 Å². The molecule has 0 aromatic rings. The van der Waals surface area contributed by atoms with E-state index in [2.05, 4.69) is 11.2 Å². The van der Waals surface area contributed by atoms with Crippen molar-refractivity contribution in [2.45, 2.75) is 44.4 Å². The minimum Gasteiger partial charge on any atom is -0.480 e. The Bertz CT molecular complexity index is 364. The van der Waals surface area contributed by atoms with Crippen LogP contribution in [0.2, 0.25) is 0 Å². The molecule has 0 spiro atoms. The lowest BCUT2D eigenvalue weighted by molar-refractivity contribution is -0.141. The van der Waals surface area contributed by atoms with E-state index in [4.69, 9.17) is 11.5 Å². The number of hydrogen-bond donors (Lipinski definition) is 3. The van der Waals surface area contributed by atoms with E-state index in [0.717, 1.165) is 4.90 Å². The van der Waals surface area contributed by atoms with Crippen molar-refractivity contribution >= 4 is 12.0 Å². The van der Waals surface area contributed by atoms with Crippen LogP contribution < -0.4 is 5.32 Å². The third-order valence-corrected chi connectivity index (χ3v) is 3.01. The molecule has 1 heterocycles. The van der Waals surface area contributed by atoms with Crippen molar-refractivity contribution < 1.29 is 19.8 Å². The molecule has 1 rings (SSSR count). The molecule has 18 heavy (non-hydrogen) atoms. The second-order valence-electron chi connectivity index (χ2n) is 4.36. The zero-order valence-electron chi connectivity index (χ0n) is 10.3. The second kappa shape index (κ2) is 6.26. The van der Waals surface area contributed by atoms with Gasteiger partial charge in [0.2, 0.25) is 0 Å². The van der Waals surface area contributed by atoms with Crippen LogP contribution >= 0.6 is 0 Å². The number of amides is 2. The monoisotopic (exact) mass is 254 g/mol. The third-order valence-electron chi connectivity index (χ3n) is 3.01. The number of aliphatic hydroxyl groups excluding tert-OH is 1. The lowest BCUT2D eigenvalue weighted by Gasteiger charge is -2.24. The van der Waals surface area contributed by atoms with E-state index >= 15 is 0 Å². The average Bonchev–Trinajstić information content (AvgIpc) is 2.71. The minimum atomic E-state index is -1.10. The number of aliphatic hydroxyl groups is 1. The van der Waals surface area contributed by atoms with Crippen LogP contribution in [0.1, 0.15) is 26.2 Å². The molecule has 6 nitrogen and oxygen atoms in total. The highest BCUT2D eigenvalue weighted by Crippen LogP contribution is 2.18. The van der Waals surface area contributed by atoms with Crippen molar-refractivity contribution in [3.8, 4) is 12.3 Å². The van der Waals surface area contributed by atoms with Gasteiger partial charge >= 0.3 is 12.0 Å². The van der Waals surface area contributed by atoms with E-state index in [1.54, 1.807) is 0 Å². The van der Waals surface area contributed by atoms with E-state index < -0.39 is 24.1 Å². The normalized spacial score (nSPS) is 24.4. The summed E-state index contributed by atoms with van der Waals surface area (Å²) < 4.78 is 0. The molecule has 0 aliphatic carbocycles. The number of carbonyl (C=O) groups is 2. The zero-order chi connectivity index (χ0) is 13.7. The Morgan fingerprint density at radius 1 is 1.61 bits per heavy atom. The van der Waals surface area contributed by atoms with Crippen molar-refractivity contribution in [1.82, 2.24) is 10.2 Å². The van der Waals surface area contributed by atoms with Gasteiger partial charge in [-0.15, -0.1) is 12.3 Å². The molecule has 0 aromatic carbocycles. The Labute approximate surface area is 106 Å². The lowest BCUT2D eigenvalue weighted by Crippen LogP contribution is -2.49. The number of aliphatic carboxylic acids is 1. The molecule has 0 saturated carbocycles. The summed E-state index contributed by atoms with van der Waals surface area (Å²) in [5, 5.41) is 21.1. The number of carbonyl (C=O) groups excluding carboxylic acids is 1. The van der Waals surface area contributed by atoms with Gasteiger partial charge in [-0.3, -0.25) is 0 Å². The van der Waals surface area contributed by atoms with E-state index in [-0.39, 0.29) is 19.0 Å². The van der Waals surface area contributed by atoms with Crippen LogP contribution in [-0.4, -0.2) is 51.8 Å². The molecule has 6 heteroatoms. The van der Waals surface area contributed by atoms with E-state index in [9.17, 15) is 14.7 Å². The minimum absolute atomic E-state index is 0.0370. The first-order chi connectivity index (χ1) is 8.49. The third kappa shape index (κ3) is 3.37. The van der Waals surface area contributed by atoms with Gasteiger partial charge in [-0.25, -0.2) is 9.59 Å². The van der Waals surface area contributed by atoms with Crippen molar-refractivity contribution in [2.24, 2.45) is 0 Å². The van der Waals surface area contributed by atoms with Crippen molar-refractivity contribution in [2.75, 3.05) is 6.54 Å². The van der Waals surface area contributed by atoms with Gasteiger partial charge in [0.05, 0.1) is 6.10 Å². The van der Waals surface area contributed by atoms with Gasteiger partial charge in [0.1, 0.15) is 6.04 Å². The summed E-state index contributed by atoms with van der Waals surface area (Å²) in [6.45, 7) is 1.92. The quantitative estimate of drug-likeness (QED) is 0.617. The van der Waals surface area contributed by atoms with Crippen LogP contribution in [0.15, 0.2) is 0 Å². The number of carboxylic acids is 1. The molecule has 0 aromatic heterocycles. The highest BCUT2D eigenvalue weighted by molar-refractivity contribution is 5.83. The number of nitrogens with one attached hydrogen (secondary N) is 1. The van der Waals surface area contributed by atoms with Gasteiger partial charge < -0.3 is 20.4 Å². The van der Waals surface area contributed by atoms with Crippen LogP contribution in [0.25, 0.3) is 0 Å². The standard InChI is InChI=1S/C12H18N2O4/c1-3-5-8(4-2)13-12(18)14-7-9(15)6-10(14)11(16)17/h1,8-10,15H,4-7H2,2H3,(H,13,18)(H,16,17)/t8?,9?,10-/m0/s1. The lowest BCUT2D eigenvalue weighted by atomic mass is 10.1. The highest BCUT2D eigenvalue weighted by Gasteiger charge is 2.39. The second-order valence-corrected chi connectivity index (χ2v) is 4.36. The molecule has 1 aliphatic rings. The summed E-state index contributed by atoms with van der Waals surface area (Å²) in [4.78, 5) is 24.0. The van der Waals surface area contributed by atoms with Crippen LogP contribution in [0.5, 0.6) is 0 Å². The van der Waals surface area contributed by atoms with Crippen molar-refractivity contribution in [3.63, 3.8) is 0 Å². The first-order valence-electron chi connectivity index (χ1n) is 5.91. The molecule has 0 bridgehead atoms. The van der Waals surface area contributed by atoms with Gasteiger partial charge in [0.25, 0.3) is 0 Å².